The molecule has 1 amide bonds. The smallest absolute Gasteiger partial charge is 0.273 e. The minimum atomic E-state index is 0. The Morgan fingerprint density at radius 3 is 2.52 bits per heavy atom. The van der Waals surface area contributed by atoms with E-state index < -0.39 is 0 Å². The van der Waals surface area contributed by atoms with Gasteiger partial charge in [0.1, 0.15) is 10.7 Å². The van der Waals surface area contributed by atoms with Gasteiger partial charge in [0.15, 0.2) is 0 Å². The number of hydrogen-bond donors (Lipinski definition) is 1. The molecule has 4 heterocycles. The Balaban J connectivity index is 0.000000960. The maximum atomic E-state index is 12.6. The standard InChI is InChI=1S/C14H14BrN3OS2.2ClH/c15-10-1-12(20-6-10)13-17-11(7-21-13)14(19)18-4-8-2-16-3-9(8)5-18;;/h1,6-9,16H,2-5H2;2*1H/t8-,9+;;. The van der Waals surface area contributed by atoms with E-state index in [1.807, 2.05) is 21.7 Å². The number of rotatable bonds is 2. The number of halogens is 3. The molecule has 9 heteroatoms. The number of thiophene rings is 1. The molecule has 2 aliphatic heterocycles. The second-order valence-corrected chi connectivity index (χ2v) is 8.24. The number of amides is 1. The Kier molecular flexibility index (Phi) is 6.49. The number of aromatic nitrogens is 1. The summed E-state index contributed by atoms with van der Waals surface area (Å²) in [5, 5.41) is 8.24. The third-order valence-corrected chi connectivity index (χ3v) is 6.88. The minimum absolute atomic E-state index is 0. The second kappa shape index (κ2) is 7.80. The van der Waals surface area contributed by atoms with Crippen LogP contribution >= 0.6 is 63.4 Å². The van der Waals surface area contributed by atoms with Gasteiger partial charge in [-0.1, -0.05) is 0 Å². The number of fused-ring (bicyclic) bond motifs is 1. The van der Waals surface area contributed by atoms with E-state index in [9.17, 15) is 4.79 Å². The van der Waals surface area contributed by atoms with Crippen LogP contribution in [0.3, 0.4) is 0 Å². The van der Waals surface area contributed by atoms with Gasteiger partial charge in [0.2, 0.25) is 0 Å². The van der Waals surface area contributed by atoms with E-state index in [0.717, 1.165) is 40.5 Å². The van der Waals surface area contributed by atoms with E-state index in [-0.39, 0.29) is 30.7 Å². The Labute approximate surface area is 163 Å². The van der Waals surface area contributed by atoms with Crippen LogP contribution in [0, 0.1) is 11.8 Å². The zero-order valence-electron chi connectivity index (χ0n) is 12.0. The van der Waals surface area contributed by atoms with Crippen LogP contribution in [0.2, 0.25) is 0 Å². The fourth-order valence-corrected chi connectivity index (χ4v) is 5.40. The van der Waals surface area contributed by atoms with E-state index in [1.165, 1.54) is 0 Å². The molecule has 0 spiro atoms. The van der Waals surface area contributed by atoms with Crippen LogP contribution in [0.4, 0.5) is 0 Å². The van der Waals surface area contributed by atoms with Gasteiger partial charge in [0.05, 0.1) is 4.88 Å². The highest BCUT2D eigenvalue weighted by Crippen LogP contribution is 2.33. The molecule has 0 radical (unpaired) electrons. The van der Waals surface area contributed by atoms with Crippen molar-refractivity contribution in [3.05, 3.63) is 27.0 Å². The molecular formula is C14H16BrCl2N3OS2. The SMILES string of the molecule is Cl.Cl.O=C(c1csc(-c2cc(Br)cs2)n1)N1C[C@H]2CNC[C@H]2C1. The fourth-order valence-electron chi connectivity index (χ4n) is 3.09. The minimum Gasteiger partial charge on any atom is -0.337 e. The lowest BCUT2D eigenvalue weighted by molar-refractivity contribution is 0.0777. The van der Waals surface area contributed by atoms with Gasteiger partial charge >= 0.3 is 0 Å². The van der Waals surface area contributed by atoms with Gasteiger partial charge in [-0.3, -0.25) is 4.79 Å². The zero-order chi connectivity index (χ0) is 14.4. The number of nitrogens with zero attached hydrogens (tertiary/aromatic N) is 2. The lowest BCUT2D eigenvalue weighted by Crippen LogP contribution is -2.32. The number of nitrogens with one attached hydrogen (secondary N) is 1. The van der Waals surface area contributed by atoms with Crippen molar-refractivity contribution in [1.82, 2.24) is 15.2 Å². The molecule has 2 saturated heterocycles. The van der Waals surface area contributed by atoms with E-state index in [0.29, 0.717) is 17.5 Å². The topological polar surface area (TPSA) is 45.2 Å². The van der Waals surface area contributed by atoms with Crippen LogP contribution in [0.1, 0.15) is 10.5 Å². The number of likely N-dealkylation sites (tertiary alicyclic amines) is 1. The van der Waals surface area contributed by atoms with Crippen LogP contribution < -0.4 is 5.32 Å². The van der Waals surface area contributed by atoms with E-state index >= 15 is 0 Å². The van der Waals surface area contributed by atoms with Crippen molar-refractivity contribution in [3.63, 3.8) is 0 Å². The van der Waals surface area contributed by atoms with Gasteiger partial charge in [-0.25, -0.2) is 4.98 Å². The average Bonchev–Trinajstić information content (AvgIpc) is 3.20. The van der Waals surface area contributed by atoms with Crippen LogP contribution in [0.5, 0.6) is 0 Å². The summed E-state index contributed by atoms with van der Waals surface area (Å²) in [4.78, 5) is 20.2. The monoisotopic (exact) mass is 455 g/mol. The summed E-state index contributed by atoms with van der Waals surface area (Å²) >= 11 is 6.64. The molecule has 2 aliphatic rings. The maximum Gasteiger partial charge on any atom is 0.273 e. The zero-order valence-corrected chi connectivity index (χ0v) is 16.9. The molecule has 126 valence electrons. The highest BCUT2D eigenvalue weighted by Gasteiger charge is 2.38. The van der Waals surface area contributed by atoms with Crippen LogP contribution in [-0.4, -0.2) is 42.0 Å². The largest absolute Gasteiger partial charge is 0.337 e. The molecule has 0 aromatic carbocycles. The molecular weight excluding hydrogens is 441 g/mol. The Morgan fingerprint density at radius 1 is 1.22 bits per heavy atom. The van der Waals surface area contributed by atoms with Crippen molar-refractivity contribution in [2.45, 2.75) is 0 Å². The molecule has 2 aromatic rings. The second-order valence-electron chi connectivity index (χ2n) is 5.56. The molecule has 4 nitrogen and oxygen atoms in total. The first kappa shape index (κ1) is 19.1. The van der Waals surface area contributed by atoms with Gasteiger partial charge in [-0.2, -0.15) is 0 Å². The number of carbonyl (C=O) groups excluding carboxylic acids is 1. The number of carbonyl (C=O) groups is 1. The van der Waals surface area contributed by atoms with Crippen LogP contribution in [0.15, 0.2) is 21.3 Å². The Morgan fingerprint density at radius 2 is 1.91 bits per heavy atom. The van der Waals surface area contributed by atoms with Gasteiger partial charge < -0.3 is 10.2 Å². The average molecular weight is 457 g/mol. The lowest BCUT2D eigenvalue weighted by atomic mass is 10.0. The van der Waals surface area contributed by atoms with Gasteiger partial charge in [-0.15, -0.1) is 47.5 Å². The summed E-state index contributed by atoms with van der Waals surface area (Å²) in [7, 11) is 0. The van der Waals surface area contributed by atoms with Crippen molar-refractivity contribution in [2.24, 2.45) is 11.8 Å². The molecule has 2 atom stereocenters. The highest BCUT2D eigenvalue weighted by atomic mass is 79.9. The molecule has 4 rings (SSSR count). The van der Waals surface area contributed by atoms with Gasteiger partial charge in [-0.05, 0) is 33.8 Å². The first-order chi connectivity index (χ1) is 10.2. The summed E-state index contributed by atoms with van der Waals surface area (Å²) in [5.41, 5.74) is 0.590. The predicted molar refractivity (Wildman–Crippen MR) is 103 cm³/mol. The van der Waals surface area contributed by atoms with Crippen LogP contribution in [-0.2, 0) is 0 Å². The van der Waals surface area contributed by atoms with E-state index in [1.54, 1.807) is 22.7 Å². The fraction of sp³-hybridized carbons (Fsp3) is 0.429. The van der Waals surface area contributed by atoms with Crippen molar-refractivity contribution >= 4 is 69.3 Å². The van der Waals surface area contributed by atoms with E-state index in [2.05, 4.69) is 26.2 Å². The summed E-state index contributed by atoms with van der Waals surface area (Å²) in [5.74, 6) is 1.34. The maximum absolute atomic E-state index is 12.6. The molecule has 0 aliphatic carbocycles. The molecule has 2 aromatic heterocycles. The quantitative estimate of drug-likeness (QED) is 0.747. The summed E-state index contributed by atoms with van der Waals surface area (Å²) < 4.78 is 1.06. The molecule has 23 heavy (non-hydrogen) atoms. The van der Waals surface area contributed by atoms with Crippen LogP contribution in [0.25, 0.3) is 9.88 Å². The third-order valence-electron chi connectivity index (χ3n) is 4.18. The van der Waals surface area contributed by atoms with E-state index in [4.69, 9.17) is 0 Å². The first-order valence-electron chi connectivity index (χ1n) is 6.90. The molecule has 0 saturated carbocycles. The van der Waals surface area contributed by atoms with Crippen molar-refractivity contribution in [3.8, 4) is 9.88 Å². The number of hydrogen-bond acceptors (Lipinski definition) is 5. The summed E-state index contributed by atoms with van der Waals surface area (Å²) in [6.45, 7) is 3.82. The lowest BCUT2D eigenvalue weighted by Gasteiger charge is -2.15. The summed E-state index contributed by atoms with van der Waals surface area (Å²) in [6.07, 6.45) is 0. The van der Waals surface area contributed by atoms with Crippen molar-refractivity contribution in [1.29, 1.82) is 0 Å². The normalized spacial score (nSPS) is 22.4. The Bertz CT molecular complexity index is 681. The van der Waals surface area contributed by atoms with Crippen molar-refractivity contribution < 1.29 is 4.79 Å². The molecule has 1 N–H and O–H groups in total. The summed E-state index contributed by atoms with van der Waals surface area (Å²) in [6, 6.07) is 2.05. The Hall–Kier alpha value is -0.180. The highest BCUT2D eigenvalue weighted by molar-refractivity contribution is 9.10. The predicted octanol–water partition coefficient (Wildman–Crippen LogP) is 3.77. The molecule has 2 fully saturated rings. The third kappa shape index (κ3) is 3.75. The van der Waals surface area contributed by atoms with Crippen molar-refractivity contribution in [2.75, 3.05) is 26.2 Å². The molecule has 0 unspecified atom stereocenters. The van der Waals surface area contributed by atoms with Gasteiger partial charge in [0.25, 0.3) is 5.91 Å². The number of thiazole rings is 1. The molecule has 0 bridgehead atoms. The first-order valence-corrected chi connectivity index (χ1v) is 9.46. The van der Waals surface area contributed by atoms with Gasteiger partial charge in [0, 0.05) is 41.4 Å².